The highest BCUT2D eigenvalue weighted by atomic mass is 16.1. The van der Waals surface area contributed by atoms with Crippen molar-refractivity contribution in [2.24, 2.45) is 0 Å². The number of hydrogen-bond donors (Lipinski definition) is 0. The van der Waals surface area contributed by atoms with Gasteiger partial charge >= 0.3 is 0 Å². The molecule has 24 heavy (non-hydrogen) atoms. The summed E-state index contributed by atoms with van der Waals surface area (Å²) >= 11 is 0. The van der Waals surface area contributed by atoms with Crippen molar-refractivity contribution in [1.82, 2.24) is 0 Å². The fraction of sp³-hybridized carbons (Fsp3) is 0.227. The van der Waals surface area contributed by atoms with E-state index in [1.807, 2.05) is 26.2 Å². The SMILES string of the molecule is CN(C)c1cccc(CCC(=O)Cc2ccc3ccccc3c2)c1. The van der Waals surface area contributed by atoms with Crippen LogP contribution in [-0.4, -0.2) is 19.9 Å². The summed E-state index contributed by atoms with van der Waals surface area (Å²) in [6, 6.07) is 22.9. The normalized spacial score (nSPS) is 10.8. The van der Waals surface area contributed by atoms with Gasteiger partial charge in [-0.05, 0) is 40.5 Å². The van der Waals surface area contributed by atoms with Gasteiger partial charge in [0.15, 0.2) is 0 Å². The van der Waals surface area contributed by atoms with Crippen LogP contribution in [0.5, 0.6) is 0 Å². The number of Topliss-reactive ketones (excluding diaryl/α,β-unsaturated/α-hetero) is 1. The van der Waals surface area contributed by atoms with Crippen LogP contribution in [0.15, 0.2) is 66.7 Å². The molecule has 0 saturated heterocycles. The van der Waals surface area contributed by atoms with E-state index in [0.717, 1.165) is 12.0 Å². The minimum atomic E-state index is 0.292. The van der Waals surface area contributed by atoms with E-state index in [-0.39, 0.29) is 0 Å². The fourth-order valence-electron chi connectivity index (χ4n) is 2.94. The van der Waals surface area contributed by atoms with Gasteiger partial charge < -0.3 is 4.90 Å². The second-order valence-electron chi connectivity index (χ2n) is 6.46. The van der Waals surface area contributed by atoms with Crippen molar-refractivity contribution in [3.63, 3.8) is 0 Å². The number of rotatable bonds is 6. The monoisotopic (exact) mass is 317 g/mol. The van der Waals surface area contributed by atoms with E-state index in [0.29, 0.717) is 18.6 Å². The maximum Gasteiger partial charge on any atom is 0.137 e. The van der Waals surface area contributed by atoms with Gasteiger partial charge in [-0.1, -0.05) is 54.6 Å². The Morgan fingerprint density at radius 1 is 0.833 bits per heavy atom. The maximum absolute atomic E-state index is 12.3. The summed E-state index contributed by atoms with van der Waals surface area (Å²) < 4.78 is 0. The quantitative estimate of drug-likeness (QED) is 0.659. The highest BCUT2D eigenvalue weighted by Crippen LogP contribution is 2.18. The van der Waals surface area contributed by atoms with E-state index in [9.17, 15) is 4.79 Å². The van der Waals surface area contributed by atoms with Gasteiger partial charge in [0.2, 0.25) is 0 Å². The van der Waals surface area contributed by atoms with E-state index in [4.69, 9.17) is 0 Å². The second kappa shape index (κ2) is 7.31. The predicted octanol–water partition coefficient (Wildman–Crippen LogP) is 4.65. The topological polar surface area (TPSA) is 20.3 Å². The first kappa shape index (κ1) is 16.3. The number of anilines is 1. The van der Waals surface area contributed by atoms with Crippen molar-refractivity contribution in [3.8, 4) is 0 Å². The molecule has 0 N–H and O–H groups in total. The molecule has 3 aromatic carbocycles. The minimum Gasteiger partial charge on any atom is -0.378 e. The molecule has 122 valence electrons. The number of nitrogens with zero attached hydrogens (tertiary/aromatic N) is 1. The zero-order valence-corrected chi connectivity index (χ0v) is 14.3. The Morgan fingerprint density at radius 3 is 2.42 bits per heavy atom. The third-order valence-electron chi connectivity index (χ3n) is 4.33. The van der Waals surface area contributed by atoms with Crippen LogP contribution in [0.1, 0.15) is 17.5 Å². The molecule has 0 unspecified atom stereocenters. The molecule has 0 aliphatic carbocycles. The van der Waals surface area contributed by atoms with E-state index in [1.54, 1.807) is 0 Å². The van der Waals surface area contributed by atoms with Crippen LogP contribution in [0, 0.1) is 0 Å². The van der Waals surface area contributed by atoms with E-state index >= 15 is 0 Å². The Hall–Kier alpha value is -2.61. The first-order valence-corrected chi connectivity index (χ1v) is 8.37. The van der Waals surface area contributed by atoms with Gasteiger partial charge in [-0.25, -0.2) is 0 Å². The Morgan fingerprint density at radius 2 is 1.62 bits per heavy atom. The molecule has 0 aromatic heterocycles. The standard InChI is InChI=1S/C22H23NO/c1-23(2)21-9-5-6-17(15-21)11-13-22(24)16-18-10-12-19-7-3-4-8-20(19)14-18/h3-10,12,14-15H,11,13,16H2,1-2H3. The van der Waals surface area contributed by atoms with Crippen LogP contribution >= 0.6 is 0 Å². The number of ketones is 1. The Bertz CT molecular complexity index is 851. The minimum absolute atomic E-state index is 0.292. The van der Waals surface area contributed by atoms with Gasteiger partial charge in [-0.2, -0.15) is 0 Å². The van der Waals surface area contributed by atoms with Gasteiger partial charge in [0, 0.05) is 32.6 Å². The summed E-state index contributed by atoms with van der Waals surface area (Å²) in [5.74, 6) is 0.292. The molecule has 0 aliphatic rings. The van der Waals surface area contributed by atoms with Crippen molar-refractivity contribution in [2.45, 2.75) is 19.3 Å². The van der Waals surface area contributed by atoms with Gasteiger partial charge in [0.05, 0.1) is 0 Å². The molecule has 2 nitrogen and oxygen atoms in total. The summed E-state index contributed by atoms with van der Waals surface area (Å²) in [7, 11) is 4.06. The number of carbonyl (C=O) groups is 1. The molecule has 3 rings (SSSR count). The van der Waals surface area contributed by atoms with Gasteiger partial charge in [0.25, 0.3) is 0 Å². The lowest BCUT2D eigenvalue weighted by Gasteiger charge is -2.13. The summed E-state index contributed by atoms with van der Waals surface area (Å²) in [5, 5.41) is 2.41. The lowest BCUT2D eigenvalue weighted by Crippen LogP contribution is -2.09. The first-order valence-electron chi connectivity index (χ1n) is 8.37. The molecule has 0 spiro atoms. The summed E-state index contributed by atoms with van der Waals surface area (Å²) in [6.45, 7) is 0. The molecule has 3 aromatic rings. The highest BCUT2D eigenvalue weighted by Gasteiger charge is 2.06. The summed E-state index contributed by atoms with van der Waals surface area (Å²) in [5.41, 5.74) is 3.49. The number of aryl methyl sites for hydroxylation is 1. The molecule has 2 heteroatoms. The Labute approximate surface area is 143 Å². The highest BCUT2D eigenvalue weighted by molar-refractivity contribution is 5.86. The molecular formula is C22H23NO. The van der Waals surface area contributed by atoms with Crippen LogP contribution in [0.4, 0.5) is 5.69 Å². The van der Waals surface area contributed by atoms with Crippen molar-refractivity contribution >= 4 is 22.2 Å². The second-order valence-corrected chi connectivity index (χ2v) is 6.46. The van der Waals surface area contributed by atoms with Crippen LogP contribution in [0.3, 0.4) is 0 Å². The predicted molar refractivity (Wildman–Crippen MR) is 102 cm³/mol. The Kier molecular flexibility index (Phi) is 4.95. The molecule has 0 aliphatic heterocycles. The smallest absolute Gasteiger partial charge is 0.137 e. The zero-order valence-electron chi connectivity index (χ0n) is 14.3. The lowest BCUT2D eigenvalue weighted by atomic mass is 10.00. The lowest BCUT2D eigenvalue weighted by molar-refractivity contribution is -0.118. The van der Waals surface area contributed by atoms with E-state index in [2.05, 4.69) is 59.5 Å². The summed E-state index contributed by atoms with van der Waals surface area (Å²) in [6.07, 6.45) is 1.90. The summed E-state index contributed by atoms with van der Waals surface area (Å²) in [4.78, 5) is 14.4. The first-order chi connectivity index (χ1) is 11.6. The van der Waals surface area contributed by atoms with Crippen molar-refractivity contribution in [2.75, 3.05) is 19.0 Å². The number of carbonyl (C=O) groups excluding carboxylic acids is 1. The third kappa shape index (κ3) is 4.02. The zero-order chi connectivity index (χ0) is 16.9. The van der Waals surface area contributed by atoms with E-state index < -0.39 is 0 Å². The Balaban J connectivity index is 1.61. The third-order valence-corrected chi connectivity index (χ3v) is 4.33. The molecule has 0 amide bonds. The van der Waals surface area contributed by atoms with Crippen molar-refractivity contribution in [3.05, 3.63) is 77.9 Å². The molecule has 0 heterocycles. The number of benzene rings is 3. The van der Waals surface area contributed by atoms with Gasteiger partial charge in [-0.15, -0.1) is 0 Å². The van der Waals surface area contributed by atoms with Crippen LogP contribution in [0.2, 0.25) is 0 Å². The largest absolute Gasteiger partial charge is 0.378 e. The van der Waals surface area contributed by atoms with Crippen LogP contribution in [0.25, 0.3) is 10.8 Å². The van der Waals surface area contributed by atoms with Crippen molar-refractivity contribution in [1.29, 1.82) is 0 Å². The molecule has 0 bridgehead atoms. The average molecular weight is 317 g/mol. The molecule has 0 saturated carbocycles. The van der Waals surface area contributed by atoms with Gasteiger partial charge in [-0.3, -0.25) is 4.79 Å². The number of hydrogen-bond acceptors (Lipinski definition) is 2. The van der Waals surface area contributed by atoms with Crippen molar-refractivity contribution < 1.29 is 4.79 Å². The molecular weight excluding hydrogens is 294 g/mol. The van der Waals surface area contributed by atoms with E-state index in [1.165, 1.54) is 22.0 Å². The molecule has 0 atom stereocenters. The van der Waals surface area contributed by atoms with Crippen LogP contribution < -0.4 is 4.90 Å². The molecule has 0 fully saturated rings. The number of fused-ring (bicyclic) bond motifs is 1. The maximum atomic E-state index is 12.3. The fourth-order valence-corrected chi connectivity index (χ4v) is 2.94. The van der Waals surface area contributed by atoms with Crippen LogP contribution in [-0.2, 0) is 17.6 Å². The average Bonchev–Trinajstić information content (AvgIpc) is 2.60. The molecule has 0 radical (unpaired) electrons. The van der Waals surface area contributed by atoms with Gasteiger partial charge in [0.1, 0.15) is 5.78 Å².